The maximum Gasteiger partial charge on any atom is 0.306 e. The van der Waals surface area contributed by atoms with Crippen LogP contribution < -0.4 is 10.2 Å². The Bertz CT molecular complexity index is 804. The van der Waals surface area contributed by atoms with Gasteiger partial charge in [-0.05, 0) is 30.5 Å². The van der Waals surface area contributed by atoms with Crippen molar-refractivity contribution in [2.75, 3.05) is 13.7 Å². The predicted octanol–water partition coefficient (Wildman–Crippen LogP) is 3.38. The van der Waals surface area contributed by atoms with Gasteiger partial charge in [0.05, 0.1) is 26.1 Å². The second kappa shape index (κ2) is 8.56. The number of methoxy groups -OCH3 is 1. The molecule has 1 heterocycles. The summed E-state index contributed by atoms with van der Waals surface area (Å²) < 4.78 is 16.0. The highest BCUT2D eigenvalue weighted by molar-refractivity contribution is 5.71. The van der Waals surface area contributed by atoms with Crippen LogP contribution in [-0.4, -0.2) is 24.8 Å². The summed E-state index contributed by atoms with van der Waals surface area (Å²) in [6.07, 6.45) is -0.0668. The SMILES string of the molecule is COC(=O)CC(c1ccc(OCC(C)C)cc1)c1oc(C)cc(=O)c1O. The fourth-order valence-corrected chi connectivity index (χ4v) is 2.53. The molecule has 1 atom stereocenters. The first kappa shape index (κ1) is 19.6. The molecule has 0 aliphatic rings. The standard InChI is InChI=1S/C20H24O6/c1-12(2)11-25-15-7-5-14(6-8-15)16(10-18(22)24-4)20-19(23)17(21)9-13(3)26-20/h5-9,12,16,23H,10-11H2,1-4H3. The van der Waals surface area contributed by atoms with Gasteiger partial charge in [0.25, 0.3) is 0 Å². The lowest BCUT2D eigenvalue weighted by Gasteiger charge is -2.17. The molecule has 1 aromatic carbocycles. The van der Waals surface area contributed by atoms with Crippen LogP contribution in [0.1, 0.15) is 43.3 Å². The molecule has 0 fully saturated rings. The van der Waals surface area contributed by atoms with E-state index in [1.54, 1.807) is 31.2 Å². The maximum absolute atomic E-state index is 11.9. The van der Waals surface area contributed by atoms with Gasteiger partial charge in [-0.1, -0.05) is 26.0 Å². The molecule has 0 aliphatic carbocycles. The summed E-state index contributed by atoms with van der Waals surface area (Å²) in [4.78, 5) is 23.8. The van der Waals surface area contributed by atoms with Crippen molar-refractivity contribution in [1.82, 2.24) is 0 Å². The lowest BCUT2D eigenvalue weighted by molar-refractivity contribution is -0.140. The molecule has 1 aromatic heterocycles. The van der Waals surface area contributed by atoms with Crippen LogP contribution in [0, 0.1) is 12.8 Å². The van der Waals surface area contributed by atoms with Gasteiger partial charge in [0.15, 0.2) is 5.76 Å². The van der Waals surface area contributed by atoms with Crippen LogP contribution in [0.25, 0.3) is 0 Å². The molecule has 0 saturated heterocycles. The highest BCUT2D eigenvalue weighted by Gasteiger charge is 2.26. The van der Waals surface area contributed by atoms with Crippen molar-refractivity contribution < 1.29 is 23.8 Å². The van der Waals surface area contributed by atoms with E-state index < -0.39 is 23.1 Å². The third-order valence-corrected chi connectivity index (χ3v) is 3.85. The summed E-state index contributed by atoms with van der Waals surface area (Å²) in [7, 11) is 1.29. The molecule has 2 aromatic rings. The van der Waals surface area contributed by atoms with Crippen LogP contribution in [-0.2, 0) is 9.53 Å². The number of hydrogen-bond donors (Lipinski definition) is 1. The van der Waals surface area contributed by atoms with Crippen LogP contribution in [0.4, 0.5) is 0 Å². The summed E-state index contributed by atoms with van der Waals surface area (Å²) in [5, 5.41) is 10.2. The zero-order valence-electron chi connectivity index (χ0n) is 15.4. The Morgan fingerprint density at radius 2 is 1.88 bits per heavy atom. The third kappa shape index (κ3) is 4.88. The number of aryl methyl sites for hydroxylation is 1. The summed E-state index contributed by atoms with van der Waals surface area (Å²) in [6.45, 7) is 6.33. The minimum absolute atomic E-state index is 0.0521. The number of benzene rings is 1. The average Bonchev–Trinajstić information content (AvgIpc) is 2.61. The largest absolute Gasteiger partial charge is 0.502 e. The van der Waals surface area contributed by atoms with Crippen LogP contribution in [0.15, 0.2) is 39.5 Å². The van der Waals surface area contributed by atoms with E-state index >= 15 is 0 Å². The van der Waals surface area contributed by atoms with E-state index in [9.17, 15) is 14.7 Å². The van der Waals surface area contributed by atoms with Crippen molar-refractivity contribution in [1.29, 1.82) is 0 Å². The maximum atomic E-state index is 11.9. The van der Waals surface area contributed by atoms with Crippen molar-refractivity contribution in [3.05, 3.63) is 57.6 Å². The first-order chi connectivity index (χ1) is 12.3. The number of carbonyl (C=O) groups excluding carboxylic acids is 1. The number of aromatic hydroxyl groups is 1. The van der Waals surface area contributed by atoms with Gasteiger partial charge in [-0.15, -0.1) is 0 Å². The Hall–Kier alpha value is -2.76. The second-order valence-corrected chi connectivity index (χ2v) is 6.54. The number of carbonyl (C=O) groups is 1. The summed E-state index contributed by atoms with van der Waals surface area (Å²) in [5.41, 5.74) is 0.159. The van der Waals surface area contributed by atoms with Crippen molar-refractivity contribution in [2.45, 2.75) is 33.1 Å². The zero-order chi connectivity index (χ0) is 19.3. The number of hydrogen-bond acceptors (Lipinski definition) is 6. The fraction of sp³-hybridized carbons (Fsp3) is 0.400. The monoisotopic (exact) mass is 360 g/mol. The van der Waals surface area contributed by atoms with Gasteiger partial charge in [0.1, 0.15) is 11.5 Å². The van der Waals surface area contributed by atoms with Gasteiger partial charge >= 0.3 is 5.97 Å². The predicted molar refractivity (Wildman–Crippen MR) is 96.6 cm³/mol. The van der Waals surface area contributed by atoms with E-state index in [4.69, 9.17) is 13.9 Å². The van der Waals surface area contributed by atoms with Gasteiger partial charge in [-0.25, -0.2) is 0 Å². The molecule has 0 amide bonds. The first-order valence-corrected chi connectivity index (χ1v) is 8.45. The van der Waals surface area contributed by atoms with Crippen LogP contribution in [0.2, 0.25) is 0 Å². The molecule has 140 valence electrons. The number of rotatable bonds is 7. The molecule has 0 spiro atoms. The third-order valence-electron chi connectivity index (χ3n) is 3.85. The van der Waals surface area contributed by atoms with E-state index in [2.05, 4.69) is 13.8 Å². The van der Waals surface area contributed by atoms with Gasteiger partial charge in [0.2, 0.25) is 11.2 Å². The number of ether oxygens (including phenoxy) is 2. The number of esters is 1. The first-order valence-electron chi connectivity index (χ1n) is 8.45. The molecule has 26 heavy (non-hydrogen) atoms. The Labute approximate surface area is 152 Å². The fourth-order valence-electron chi connectivity index (χ4n) is 2.53. The van der Waals surface area contributed by atoms with Crippen molar-refractivity contribution in [3.63, 3.8) is 0 Å². The summed E-state index contributed by atoms with van der Waals surface area (Å²) in [5.74, 6) is -0.0993. The van der Waals surface area contributed by atoms with E-state index in [0.717, 1.165) is 0 Å². The molecule has 0 bridgehead atoms. The van der Waals surface area contributed by atoms with Crippen molar-refractivity contribution >= 4 is 5.97 Å². The van der Waals surface area contributed by atoms with E-state index in [1.807, 2.05) is 0 Å². The molecule has 2 rings (SSSR count). The molecule has 1 unspecified atom stereocenters. The van der Waals surface area contributed by atoms with Gasteiger partial charge < -0.3 is 19.0 Å². The molecule has 0 radical (unpaired) electrons. The van der Waals surface area contributed by atoms with Crippen molar-refractivity contribution in [3.8, 4) is 11.5 Å². The van der Waals surface area contributed by atoms with E-state index in [-0.39, 0.29) is 12.2 Å². The Morgan fingerprint density at radius 3 is 2.46 bits per heavy atom. The average molecular weight is 360 g/mol. The van der Waals surface area contributed by atoms with E-state index in [0.29, 0.717) is 29.6 Å². The van der Waals surface area contributed by atoms with Gasteiger partial charge in [0, 0.05) is 6.07 Å². The lowest BCUT2D eigenvalue weighted by atomic mass is 9.92. The molecule has 1 N–H and O–H groups in total. The summed E-state index contributed by atoms with van der Waals surface area (Å²) in [6, 6.07) is 8.34. The molecule has 0 saturated carbocycles. The quantitative estimate of drug-likeness (QED) is 0.762. The van der Waals surface area contributed by atoms with Crippen LogP contribution in [0.3, 0.4) is 0 Å². The minimum Gasteiger partial charge on any atom is -0.502 e. The van der Waals surface area contributed by atoms with Crippen LogP contribution in [0.5, 0.6) is 11.5 Å². The molecule has 6 heteroatoms. The smallest absolute Gasteiger partial charge is 0.306 e. The lowest BCUT2D eigenvalue weighted by Crippen LogP contribution is -2.13. The van der Waals surface area contributed by atoms with Gasteiger partial charge in [-0.3, -0.25) is 9.59 Å². The van der Waals surface area contributed by atoms with Gasteiger partial charge in [-0.2, -0.15) is 0 Å². The highest BCUT2D eigenvalue weighted by atomic mass is 16.5. The highest BCUT2D eigenvalue weighted by Crippen LogP contribution is 2.34. The Balaban J connectivity index is 2.39. The minimum atomic E-state index is -0.644. The Morgan fingerprint density at radius 1 is 1.23 bits per heavy atom. The Kier molecular flexibility index (Phi) is 6.44. The molecular formula is C20H24O6. The zero-order valence-corrected chi connectivity index (χ0v) is 15.4. The molecular weight excluding hydrogens is 336 g/mol. The summed E-state index contributed by atoms with van der Waals surface area (Å²) >= 11 is 0. The molecule has 0 aliphatic heterocycles. The van der Waals surface area contributed by atoms with Crippen LogP contribution >= 0.6 is 0 Å². The normalized spacial score (nSPS) is 12.0. The molecule has 6 nitrogen and oxygen atoms in total. The topological polar surface area (TPSA) is 86.0 Å². The van der Waals surface area contributed by atoms with E-state index in [1.165, 1.54) is 13.2 Å². The second-order valence-electron chi connectivity index (χ2n) is 6.54. The van der Waals surface area contributed by atoms with Crippen molar-refractivity contribution in [2.24, 2.45) is 5.92 Å².